The molecule has 0 rings (SSSR count). The van der Waals surface area contributed by atoms with E-state index in [-0.39, 0.29) is 0 Å². The van der Waals surface area contributed by atoms with Gasteiger partial charge in [-0.15, -0.1) is 11.4 Å². The molecule has 0 saturated heterocycles. The van der Waals surface area contributed by atoms with Crippen LogP contribution in [0.5, 0.6) is 0 Å². The Morgan fingerprint density at radius 2 is 2.14 bits per heavy atom. The van der Waals surface area contributed by atoms with Crippen LogP contribution in [-0.2, 0) is 0 Å². The molecular weight excluding hydrogens is 123 g/mol. The standard InChI is InChI=1S/C5H13PS/c1-4-5-6(2)7-3/h4-5H2,1-3H3. The van der Waals surface area contributed by atoms with Gasteiger partial charge in [0, 0.05) is 0 Å². The Hall–Kier alpha value is 0.780. The van der Waals surface area contributed by atoms with Crippen LogP contribution in [0.1, 0.15) is 13.3 Å². The summed E-state index contributed by atoms with van der Waals surface area (Å²) in [6, 6.07) is 0. The lowest BCUT2D eigenvalue weighted by Gasteiger charge is -2.03. The van der Waals surface area contributed by atoms with Crippen LogP contribution in [0.15, 0.2) is 0 Å². The van der Waals surface area contributed by atoms with Crippen molar-refractivity contribution in [3.63, 3.8) is 0 Å². The Labute approximate surface area is 51.6 Å². The van der Waals surface area contributed by atoms with Crippen LogP contribution in [0.4, 0.5) is 0 Å². The molecule has 44 valence electrons. The Morgan fingerprint density at radius 3 is 2.29 bits per heavy atom. The van der Waals surface area contributed by atoms with Crippen molar-refractivity contribution < 1.29 is 0 Å². The first-order valence-electron chi connectivity index (χ1n) is 2.56. The summed E-state index contributed by atoms with van der Waals surface area (Å²) in [5, 5.41) is 0. The molecule has 0 aliphatic rings. The second kappa shape index (κ2) is 4.93. The molecule has 0 heterocycles. The molecule has 0 radical (unpaired) electrons. The lowest BCUT2D eigenvalue weighted by Crippen LogP contribution is -1.71. The molecule has 0 fully saturated rings. The van der Waals surface area contributed by atoms with Gasteiger partial charge in [-0.1, -0.05) is 20.5 Å². The van der Waals surface area contributed by atoms with Crippen molar-refractivity contribution >= 4 is 18.5 Å². The van der Waals surface area contributed by atoms with Gasteiger partial charge in [0.25, 0.3) is 0 Å². The monoisotopic (exact) mass is 136 g/mol. The first-order chi connectivity index (χ1) is 3.31. The summed E-state index contributed by atoms with van der Waals surface area (Å²) in [7, 11) is 0.338. The molecule has 1 atom stereocenters. The minimum Gasteiger partial charge on any atom is -0.138 e. The molecule has 0 aliphatic carbocycles. The summed E-state index contributed by atoms with van der Waals surface area (Å²) in [4.78, 5) is 0. The summed E-state index contributed by atoms with van der Waals surface area (Å²) < 4.78 is 0. The molecule has 0 bridgehead atoms. The average Bonchev–Trinajstić information content (AvgIpc) is 1.68. The largest absolute Gasteiger partial charge is 0.138 e. The fourth-order valence-electron chi connectivity index (χ4n) is 0.406. The molecule has 0 N–H and O–H groups in total. The predicted octanol–water partition coefficient (Wildman–Crippen LogP) is 2.79. The normalized spacial score (nSPS) is 14.1. The van der Waals surface area contributed by atoms with Crippen LogP contribution < -0.4 is 0 Å². The van der Waals surface area contributed by atoms with Crippen LogP contribution in [-0.4, -0.2) is 19.1 Å². The lowest BCUT2D eigenvalue weighted by molar-refractivity contribution is 1.10. The van der Waals surface area contributed by atoms with Gasteiger partial charge in [-0.2, -0.15) is 0 Å². The molecule has 0 aromatic heterocycles. The van der Waals surface area contributed by atoms with Crippen LogP contribution in [0.2, 0.25) is 0 Å². The van der Waals surface area contributed by atoms with Crippen LogP contribution in [0, 0.1) is 0 Å². The SMILES string of the molecule is CCCP(C)SC. The van der Waals surface area contributed by atoms with Gasteiger partial charge in [0.1, 0.15) is 0 Å². The highest BCUT2D eigenvalue weighted by atomic mass is 32.7. The zero-order valence-electron chi connectivity index (χ0n) is 5.27. The topological polar surface area (TPSA) is 0 Å². The second-order valence-corrected chi connectivity index (χ2v) is 6.57. The van der Waals surface area contributed by atoms with Gasteiger partial charge < -0.3 is 0 Å². The molecule has 0 aromatic rings. The third-order valence-corrected chi connectivity index (χ3v) is 4.97. The van der Waals surface area contributed by atoms with Crippen molar-refractivity contribution in [2.45, 2.75) is 13.3 Å². The highest BCUT2D eigenvalue weighted by Gasteiger charge is 1.92. The van der Waals surface area contributed by atoms with E-state index in [1.807, 2.05) is 11.4 Å². The molecule has 0 nitrogen and oxygen atoms in total. The highest BCUT2D eigenvalue weighted by molar-refractivity contribution is 8.55. The number of hydrogen-bond donors (Lipinski definition) is 0. The predicted molar refractivity (Wildman–Crippen MR) is 41.5 cm³/mol. The van der Waals surface area contributed by atoms with E-state index < -0.39 is 0 Å². The maximum absolute atomic E-state index is 2.34. The summed E-state index contributed by atoms with van der Waals surface area (Å²) in [5.74, 6) is 0. The zero-order chi connectivity index (χ0) is 5.70. The highest BCUT2D eigenvalue weighted by Crippen LogP contribution is 2.43. The molecule has 0 spiro atoms. The van der Waals surface area contributed by atoms with Gasteiger partial charge in [0.15, 0.2) is 0 Å². The minimum atomic E-state index is 0.338. The fraction of sp³-hybridized carbons (Fsp3) is 1.00. The quantitative estimate of drug-likeness (QED) is 0.537. The van der Waals surface area contributed by atoms with Gasteiger partial charge in [-0.3, -0.25) is 0 Å². The van der Waals surface area contributed by atoms with Crippen molar-refractivity contribution in [1.29, 1.82) is 0 Å². The van der Waals surface area contributed by atoms with E-state index in [1.54, 1.807) is 0 Å². The molecule has 0 aliphatic heterocycles. The van der Waals surface area contributed by atoms with E-state index in [0.717, 1.165) is 0 Å². The lowest BCUT2D eigenvalue weighted by atomic mass is 10.6. The van der Waals surface area contributed by atoms with Gasteiger partial charge in [-0.05, 0) is 19.1 Å². The van der Waals surface area contributed by atoms with E-state index in [0.29, 0.717) is 7.12 Å². The molecule has 1 unspecified atom stereocenters. The number of rotatable bonds is 3. The smallest absolute Gasteiger partial charge is 0.0142 e. The van der Waals surface area contributed by atoms with E-state index in [1.165, 1.54) is 12.6 Å². The van der Waals surface area contributed by atoms with Crippen LogP contribution in [0.25, 0.3) is 0 Å². The molecule has 2 heteroatoms. The van der Waals surface area contributed by atoms with E-state index in [4.69, 9.17) is 0 Å². The van der Waals surface area contributed by atoms with E-state index >= 15 is 0 Å². The Kier molecular flexibility index (Phi) is 5.48. The van der Waals surface area contributed by atoms with Gasteiger partial charge in [0.2, 0.25) is 0 Å². The Bertz CT molecular complexity index is 39.1. The average molecular weight is 136 g/mol. The van der Waals surface area contributed by atoms with Gasteiger partial charge >= 0.3 is 0 Å². The van der Waals surface area contributed by atoms with Crippen LogP contribution >= 0.6 is 18.5 Å². The molecule has 0 saturated carbocycles. The third-order valence-electron chi connectivity index (χ3n) is 0.850. The van der Waals surface area contributed by atoms with Crippen LogP contribution in [0.3, 0.4) is 0 Å². The minimum absolute atomic E-state index is 0.338. The zero-order valence-corrected chi connectivity index (χ0v) is 6.98. The molecule has 0 aromatic carbocycles. The summed E-state index contributed by atoms with van der Waals surface area (Å²) in [5.41, 5.74) is 0. The van der Waals surface area contributed by atoms with Crippen molar-refractivity contribution in [2.24, 2.45) is 0 Å². The number of hydrogen-bond acceptors (Lipinski definition) is 1. The van der Waals surface area contributed by atoms with E-state index in [2.05, 4.69) is 19.8 Å². The molecular formula is C5H13PS. The Morgan fingerprint density at radius 1 is 1.57 bits per heavy atom. The Balaban J connectivity index is 2.83. The first-order valence-corrected chi connectivity index (χ1v) is 6.37. The summed E-state index contributed by atoms with van der Waals surface area (Å²) in [6.07, 6.45) is 4.97. The summed E-state index contributed by atoms with van der Waals surface area (Å²) in [6.45, 7) is 4.58. The van der Waals surface area contributed by atoms with Gasteiger partial charge in [0.05, 0.1) is 0 Å². The van der Waals surface area contributed by atoms with Crippen molar-refractivity contribution in [1.82, 2.24) is 0 Å². The van der Waals surface area contributed by atoms with Crippen molar-refractivity contribution in [2.75, 3.05) is 19.1 Å². The second-order valence-electron chi connectivity index (χ2n) is 1.53. The molecule has 7 heavy (non-hydrogen) atoms. The van der Waals surface area contributed by atoms with Crippen molar-refractivity contribution in [3.05, 3.63) is 0 Å². The fourth-order valence-corrected chi connectivity index (χ4v) is 2.31. The van der Waals surface area contributed by atoms with E-state index in [9.17, 15) is 0 Å². The van der Waals surface area contributed by atoms with Crippen molar-refractivity contribution in [3.8, 4) is 0 Å². The maximum Gasteiger partial charge on any atom is -0.0142 e. The van der Waals surface area contributed by atoms with Gasteiger partial charge in [-0.25, -0.2) is 0 Å². The third kappa shape index (κ3) is 4.64. The maximum atomic E-state index is 2.34. The summed E-state index contributed by atoms with van der Waals surface area (Å²) >= 11 is 2.01. The molecule has 0 amide bonds. The first kappa shape index (κ1) is 7.78.